The van der Waals surface area contributed by atoms with Gasteiger partial charge in [0.1, 0.15) is 0 Å². The summed E-state index contributed by atoms with van der Waals surface area (Å²) in [6.07, 6.45) is 22.0. The smallest absolute Gasteiger partial charge is 0.0238 e. The summed E-state index contributed by atoms with van der Waals surface area (Å²) in [5, 5.41) is 2.86. The molecule has 19 heavy (non-hydrogen) atoms. The van der Waals surface area contributed by atoms with E-state index in [1.165, 1.54) is 16.2 Å². The standard InChI is InChI=1S/C16H25P.C2H2/c1-7-10-12-16(11-8-2)17(6)15(9-3)13-14(4)5;1-2/h7,9-13H,1,8H2,2-6H3;1-2H/b12-10-,15-9+,16-11+;. The predicted octanol–water partition coefficient (Wildman–Crippen LogP) is 6.25. The first-order valence-electron chi connectivity index (χ1n) is 6.44. The van der Waals surface area contributed by atoms with Crippen LogP contribution in [0.4, 0.5) is 0 Å². The molecule has 0 heterocycles. The first kappa shape index (κ1) is 20.0. The number of hydrogen-bond acceptors (Lipinski definition) is 0. The van der Waals surface area contributed by atoms with Crippen molar-refractivity contribution in [2.24, 2.45) is 0 Å². The Labute approximate surface area is 121 Å². The van der Waals surface area contributed by atoms with Crippen LogP contribution in [-0.2, 0) is 0 Å². The van der Waals surface area contributed by atoms with Crippen LogP contribution in [0.3, 0.4) is 0 Å². The van der Waals surface area contributed by atoms with Gasteiger partial charge in [-0.1, -0.05) is 55.5 Å². The number of hydrogen-bond donors (Lipinski definition) is 0. The molecule has 0 saturated carbocycles. The van der Waals surface area contributed by atoms with Crippen molar-refractivity contribution in [2.75, 3.05) is 6.66 Å². The van der Waals surface area contributed by atoms with Crippen molar-refractivity contribution in [1.82, 2.24) is 0 Å². The minimum atomic E-state index is -0.246. The zero-order valence-corrected chi connectivity index (χ0v) is 13.9. The van der Waals surface area contributed by atoms with Gasteiger partial charge in [-0.05, 0) is 52.4 Å². The summed E-state index contributed by atoms with van der Waals surface area (Å²) in [4.78, 5) is 0. The van der Waals surface area contributed by atoms with Crippen LogP contribution in [0.25, 0.3) is 0 Å². The Kier molecular flexibility index (Phi) is 13.8. The maximum atomic E-state index is 4.00. The summed E-state index contributed by atoms with van der Waals surface area (Å²) >= 11 is 0. The molecule has 104 valence electrons. The molecule has 0 spiro atoms. The van der Waals surface area contributed by atoms with E-state index in [9.17, 15) is 0 Å². The highest BCUT2D eigenvalue weighted by atomic mass is 31.1. The van der Waals surface area contributed by atoms with Gasteiger partial charge in [0.05, 0.1) is 0 Å². The third kappa shape index (κ3) is 9.29. The number of terminal acetylenes is 1. The molecule has 0 saturated heterocycles. The lowest BCUT2D eigenvalue weighted by Gasteiger charge is -2.15. The van der Waals surface area contributed by atoms with Crippen LogP contribution in [0, 0.1) is 12.8 Å². The molecule has 0 fully saturated rings. The van der Waals surface area contributed by atoms with Crippen molar-refractivity contribution in [3.63, 3.8) is 0 Å². The second-order valence-electron chi connectivity index (χ2n) is 4.13. The molecule has 0 rings (SSSR count). The Morgan fingerprint density at radius 1 is 1.21 bits per heavy atom. The van der Waals surface area contributed by atoms with E-state index in [1.807, 2.05) is 12.2 Å². The normalized spacial score (nSPS) is 13.4. The van der Waals surface area contributed by atoms with Crippen molar-refractivity contribution >= 4 is 7.92 Å². The number of rotatable bonds is 6. The molecule has 0 nitrogen and oxygen atoms in total. The van der Waals surface area contributed by atoms with Crippen LogP contribution in [0.1, 0.15) is 34.1 Å². The number of allylic oxidation sites excluding steroid dienone is 9. The van der Waals surface area contributed by atoms with Crippen molar-refractivity contribution < 1.29 is 0 Å². The highest BCUT2D eigenvalue weighted by molar-refractivity contribution is 7.66. The van der Waals surface area contributed by atoms with Crippen LogP contribution in [0.5, 0.6) is 0 Å². The summed E-state index contributed by atoms with van der Waals surface area (Å²) < 4.78 is 0. The Bertz CT molecular complexity index is 385. The first-order chi connectivity index (χ1) is 9.06. The van der Waals surface area contributed by atoms with Gasteiger partial charge in [0.15, 0.2) is 0 Å². The fourth-order valence-electron chi connectivity index (χ4n) is 1.51. The van der Waals surface area contributed by atoms with Gasteiger partial charge in [0.25, 0.3) is 0 Å². The Morgan fingerprint density at radius 2 is 1.79 bits per heavy atom. The van der Waals surface area contributed by atoms with E-state index in [2.05, 4.69) is 78.1 Å². The second kappa shape index (κ2) is 13.1. The van der Waals surface area contributed by atoms with Gasteiger partial charge in [-0.3, -0.25) is 0 Å². The molecule has 1 unspecified atom stereocenters. The van der Waals surface area contributed by atoms with Crippen LogP contribution >= 0.6 is 7.92 Å². The molecule has 0 aliphatic carbocycles. The fourth-order valence-corrected chi connectivity index (χ4v) is 3.41. The Balaban J connectivity index is 0. The Morgan fingerprint density at radius 3 is 2.16 bits per heavy atom. The largest absolute Gasteiger partial charge is 0.124 e. The molecule has 0 aliphatic heterocycles. The molecule has 0 aromatic carbocycles. The zero-order valence-electron chi connectivity index (χ0n) is 13.0. The molecule has 1 heteroatoms. The second-order valence-corrected chi connectivity index (χ2v) is 6.28. The average Bonchev–Trinajstić information content (AvgIpc) is 2.42. The van der Waals surface area contributed by atoms with Crippen molar-refractivity contribution in [3.8, 4) is 12.8 Å². The lowest BCUT2D eigenvalue weighted by atomic mass is 10.3. The summed E-state index contributed by atoms with van der Waals surface area (Å²) in [5.41, 5.74) is 1.36. The van der Waals surface area contributed by atoms with Gasteiger partial charge >= 0.3 is 0 Å². The maximum Gasteiger partial charge on any atom is -0.0238 e. The van der Waals surface area contributed by atoms with Crippen LogP contribution < -0.4 is 0 Å². The monoisotopic (exact) mass is 274 g/mol. The van der Waals surface area contributed by atoms with Crippen molar-refractivity contribution in [2.45, 2.75) is 34.1 Å². The Hall–Kier alpha value is -1.31. The van der Waals surface area contributed by atoms with E-state index in [0.717, 1.165) is 6.42 Å². The highest BCUT2D eigenvalue weighted by Gasteiger charge is 2.08. The van der Waals surface area contributed by atoms with Gasteiger partial charge in [-0.15, -0.1) is 12.8 Å². The molecule has 1 atom stereocenters. The van der Waals surface area contributed by atoms with Crippen molar-refractivity contribution in [1.29, 1.82) is 0 Å². The predicted molar refractivity (Wildman–Crippen MR) is 93.6 cm³/mol. The van der Waals surface area contributed by atoms with Gasteiger partial charge in [-0.2, -0.15) is 0 Å². The van der Waals surface area contributed by atoms with Gasteiger partial charge < -0.3 is 0 Å². The van der Waals surface area contributed by atoms with Crippen LogP contribution in [-0.4, -0.2) is 6.66 Å². The minimum Gasteiger partial charge on any atom is -0.124 e. The zero-order chi connectivity index (χ0) is 15.3. The summed E-state index contributed by atoms with van der Waals surface area (Å²) in [6.45, 7) is 14.6. The summed E-state index contributed by atoms with van der Waals surface area (Å²) in [5.74, 6) is 0. The summed E-state index contributed by atoms with van der Waals surface area (Å²) in [6, 6.07) is 0. The first-order valence-corrected chi connectivity index (χ1v) is 8.23. The molecule has 0 amide bonds. The third-order valence-corrected chi connectivity index (χ3v) is 4.59. The van der Waals surface area contributed by atoms with Gasteiger partial charge in [0.2, 0.25) is 0 Å². The van der Waals surface area contributed by atoms with Crippen LogP contribution in [0.15, 0.2) is 59.2 Å². The van der Waals surface area contributed by atoms with E-state index in [4.69, 9.17) is 0 Å². The highest BCUT2D eigenvalue weighted by Crippen LogP contribution is 2.50. The molecule has 0 aliphatic rings. The van der Waals surface area contributed by atoms with E-state index in [0.29, 0.717) is 0 Å². The van der Waals surface area contributed by atoms with E-state index >= 15 is 0 Å². The lowest BCUT2D eigenvalue weighted by Crippen LogP contribution is -1.82. The van der Waals surface area contributed by atoms with E-state index < -0.39 is 0 Å². The molecule has 0 N–H and O–H groups in total. The fraction of sp³-hybridized carbons (Fsp3) is 0.333. The van der Waals surface area contributed by atoms with Gasteiger partial charge in [0, 0.05) is 0 Å². The molecule has 0 radical (unpaired) electrons. The average molecular weight is 274 g/mol. The van der Waals surface area contributed by atoms with Crippen molar-refractivity contribution in [3.05, 3.63) is 59.2 Å². The molecular formula is C18H27P. The minimum absolute atomic E-state index is 0.246. The molecular weight excluding hydrogens is 247 g/mol. The maximum absolute atomic E-state index is 4.00. The van der Waals surface area contributed by atoms with Crippen LogP contribution in [0.2, 0.25) is 0 Å². The topological polar surface area (TPSA) is 0 Å². The van der Waals surface area contributed by atoms with Gasteiger partial charge in [-0.25, -0.2) is 0 Å². The third-order valence-electron chi connectivity index (χ3n) is 2.32. The molecule has 0 bridgehead atoms. The SMILES string of the molecule is C#C.C=C/C=C\C(=C/CC)P(C)/C(C=C(C)C)=C/C. The van der Waals surface area contributed by atoms with E-state index in [1.54, 1.807) is 0 Å². The lowest BCUT2D eigenvalue weighted by molar-refractivity contribution is 1.22. The quantitative estimate of drug-likeness (QED) is 0.305. The summed E-state index contributed by atoms with van der Waals surface area (Å²) in [7, 11) is -0.246. The molecule has 0 aromatic heterocycles. The molecule has 0 aromatic rings. The van der Waals surface area contributed by atoms with E-state index in [-0.39, 0.29) is 7.92 Å².